The molecule has 0 aliphatic carbocycles. The zero-order valence-corrected chi connectivity index (χ0v) is 17.3. The number of carbonyl (C=O) groups excluding carboxylic acids is 2. The Kier molecular flexibility index (Phi) is 10.0. The van der Waals surface area contributed by atoms with Gasteiger partial charge in [-0.2, -0.15) is 0 Å². The Hall–Kier alpha value is -3.39. The molecule has 0 aliphatic heterocycles. The van der Waals surface area contributed by atoms with Gasteiger partial charge < -0.3 is 26.2 Å². The number of carboxylic acid groups (broad SMARTS) is 1. The zero-order valence-electron chi connectivity index (χ0n) is 17.3. The van der Waals surface area contributed by atoms with E-state index in [1.54, 1.807) is 0 Å². The number of aryl methyl sites for hydroxylation is 1. The zero-order chi connectivity index (χ0) is 22.5. The fourth-order valence-corrected chi connectivity index (χ4v) is 2.98. The highest BCUT2D eigenvalue weighted by atomic mass is 16.5. The van der Waals surface area contributed by atoms with Crippen LogP contribution >= 0.6 is 0 Å². The van der Waals surface area contributed by atoms with Crippen molar-refractivity contribution < 1.29 is 24.2 Å². The normalized spacial score (nSPS) is 12.4. The smallest absolute Gasteiger partial charge is 0.408 e. The van der Waals surface area contributed by atoms with Crippen LogP contribution in [0.4, 0.5) is 4.79 Å². The molecule has 2 aromatic rings. The predicted molar refractivity (Wildman–Crippen MR) is 116 cm³/mol. The maximum atomic E-state index is 12.7. The molecule has 31 heavy (non-hydrogen) atoms. The number of ether oxygens (including phenoxy) is 1. The van der Waals surface area contributed by atoms with Crippen LogP contribution in [0.1, 0.15) is 30.4 Å². The topological polar surface area (TPSA) is 131 Å². The van der Waals surface area contributed by atoms with E-state index < -0.39 is 30.1 Å². The largest absolute Gasteiger partial charge is 0.480 e. The van der Waals surface area contributed by atoms with E-state index in [-0.39, 0.29) is 19.4 Å². The minimum absolute atomic E-state index is 0.0622. The van der Waals surface area contributed by atoms with Crippen molar-refractivity contribution in [1.82, 2.24) is 10.6 Å². The number of amides is 2. The molecule has 8 nitrogen and oxygen atoms in total. The molecule has 0 fully saturated rings. The van der Waals surface area contributed by atoms with Crippen molar-refractivity contribution in [3.8, 4) is 0 Å². The maximum Gasteiger partial charge on any atom is 0.408 e. The average Bonchev–Trinajstić information content (AvgIpc) is 2.79. The third-order valence-corrected chi connectivity index (χ3v) is 4.70. The van der Waals surface area contributed by atoms with Crippen LogP contribution in [-0.4, -0.2) is 41.7 Å². The van der Waals surface area contributed by atoms with E-state index in [1.165, 1.54) is 0 Å². The molecule has 2 rings (SSSR count). The number of nitrogens with one attached hydrogen (secondary N) is 2. The number of aliphatic carboxylic acids is 1. The Balaban J connectivity index is 1.92. The molecule has 5 N–H and O–H groups in total. The van der Waals surface area contributed by atoms with Crippen LogP contribution in [-0.2, 0) is 27.4 Å². The molecule has 0 aromatic heterocycles. The summed E-state index contributed by atoms with van der Waals surface area (Å²) in [6, 6.07) is 16.6. The lowest BCUT2D eigenvalue weighted by Crippen LogP contribution is -2.51. The van der Waals surface area contributed by atoms with Crippen molar-refractivity contribution >= 4 is 18.0 Å². The average molecular weight is 428 g/mol. The van der Waals surface area contributed by atoms with Gasteiger partial charge in [0.1, 0.15) is 18.7 Å². The highest BCUT2D eigenvalue weighted by Gasteiger charge is 2.26. The second-order valence-electron chi connectivity index (χ2n) is 7.11. The first-order valence-corrected chi connectivity index (χ1v) is 10.2. The van der Waals surface area contributed by atoms with Gasteiger partial charge in [0.2, 0.25) is 5.91 Å². The highest BCUT2D eigenvalue weighted by Crippen LogP contribution is 2.07. The SMILES string of the molecule is NCCC[C@H](NC(=O)OCc1ccccc1)C(=O)N[C@H](CCc1ccccc1)C(=O)O. The van der Waals surface area contributed by atoms with Crippen LogP contribution in [0.25, 0.3) is 0 Å². The number of nitrogens with two attached hydrogens (primary N) is 1. The van der Waals surface area contributed by atoms with Crippen LogP contribution < -0.4 is 16.4 Å². The lowest BCUT2D eigenvalue weighted by Gasteiger charge is -2.21. The van der Waals surface area contributed by atoms with Gasteiger partial charge in [-0.15, -0.1) is 0 Å². The van der Waals surface area contributed by atoms with Crippen molar-refractivity contribution in [1.29, 1.82) is 0 Å². The van der Waals surface area contributed by atoms with Gasteiger partial charge in [-0.3, -0.25) is 4.79 Å². The molecule has 2 amide bonds. The molecule has 0 radical (unpaired) electrons. The standard InChI is InChI=1S/C23H29N3O5/c24-15-7-12-19(26-23(30)31-16-18-10-5-2-6-11-18)21(27)25-20(22(28)29)14-13-17-8-3-1-4-9-17/h1-6,8-11,19-20H,7,12-16,24H2,(H,25,27)(H,26,30)(H,28,29)/t19-,20+/m0/s1. The van der Waals surface area contributed by atoms with E-state index in [9.17, 15) is 19.5 Å². The summed E-state index contributed by atoms with van der Waals surface area (Å²) in [5.41, 5.74) is 7.32. The molecule has 0 unspecified atom stereocenters. The third-order valence-electron chi connectivity index (χ3n) is 4.70. The van der Waals surface area contributed by atoms with E-state index >= 15 is 0 Å². The number of carbonyl (C=O) groups is 3. The van der Waals surface area contributed by atoms with Gasteiger partial charge in [-0.05, 0) is 43.4 Å². The quantitative estimate of drug-likeness (QED) is 0.411. The summed E-state index contributed by atoms with van der Waals surface area (Å²) in [7, 11) is 0. The predicted octanol–water partition coefficient (Wildman–Crippen LogP) is 2.22. The number of alkyl carbamates (subject to hydrolysis) is 1. The fraction of sp³-hybridized carbons (Fsp3) is 0.348. The summed E-state index contributed by atoms with van der Waals surface area (Å²) in [6.07, 6.45) is 0.731. The van der Waals surface area contributed by atoms with Crippen LogP contribution in [0.3, 0.4) is 0 Å². The lowest BCUT2D eigenvalue weighted by molar-refractivity contribution is -0.142. The van der Waals surface area contributed by atoms with Crippen molar-refractivity contribution in [3.05, 3.63) is 71.8 Å². The van der Waals surface area contributed by atoms with Crippen molar-refractivity contribution in [2.75, 3.05) is 6.54 Å². The van der Waals surface area contributed by atoms with Gasteiger partial charge in [0.15, 0.2) is 0 Å². The number of carboxylic acids is 1. The van der Waals surface area contributed by atoms with Gasteiger partial charge >= 0.3 is 12.1 Å². The van der Waals surface area contributed by atoms with E-state index in [0.717, 1.165) is 11.1 Å². The summed E-state index contributed by atoms with van der Waals surface area (Å²) in [5.74, 6) is -1.71. The lowest BCUT2D eigenvalue weighted by atomic mass is 10.0. The number of rotatable bonds is 12. The Morgan fingerprint density at radius 3 is 2.06 bits per heavy atom. The fourth-order valence-electron chi connectivity index (χ4n) is 2.98. The summed E-state index contributed by atoms with van der Waals surface area (Å²) in [5, 5.41) is 14.5. The summed E-state index contributed by atoms with van der Waals surface area (Å²) in [4.78, 5) is 36.5. The van der Waals surface area contributed by atoms with Crippen molar-refractivity contribution in [3.63, 3.8) is 0 Å². The Morgan fingerprint density at radius 1 is 0.871 bits per heavy atom. The van der Waals surface area contributed by atoms with Gasteiger partial charge in [-0.25, -0.2) is 9.59 Å². The molecule has 0 saturated heterocycles. The van der Waals surface area contributed by atoms with E-state index in [4.69, 9.17) is 10.5 Å². The summed E-state index contributed by atoms with van der Waals surface area (Å²) < 4.78 is 5.17. The number of benzene rings is 2. The molecule has 2 atom stereocenters. The molecule has 0 heterocycles. The molecule has 0 aliphatic rings. The Bertz CT molecular complexity index is 830. The molecule has 166 valence electrons. The Labute approximate surface area is 181 Å². The van der Waals surface area contributed by atoms with Crippen molar-refractivity contribution in [2.45, 2.75) is 44.4 Å². The number of hydrogen-bond acceptors (Lipinski definition) is 5. The molecule has 8 heteroatoms. The van der Waals surface area contributed by atoms with Gasteiger partial charge in [0.05, 0.1) is 0 Å². The van der Waals surface area contributed by atoms with E-state index in [1.807, 2.05) is 60.7 Å². The molecular weight excluding hydrogens is 398 g/mol. The first-order chi connectivity index (χ1) is 15.0. The molecule has 0 saturated carbocycles. The maximum absolute atomic E-state index is 12.7. The molecule has 0 spiro atoms. The van der Waals surface area contributed by atoms with Crippen molar-refractivity contribution in [2.24, 2.45) is 5.73 Å². The molecular formula is C23H29N3O5. The summed E-state index contributed by atoms with van der Waals surface area (Å²) >= 11 is 0. The monoisotopic (exact) mass is 427 g/mol. The molecule has 2 aromatic carbocycles. The summed E-state index contributed by atoms with van der Waals surface area (Å²) in [6.45, 7) is 0.396. The second-order valence-corrected chi connectivity index (χ2v) is 7.11. The van der Waals surface area contributed by atoms with Gasteiger partial charge in [-0.1, -0.05) is 60.7 Å². The van der Waals surface area contributed by atoms with Crippen LogP contribution in [0.15, 0.2) is 60.7 Å². The third kappa shape index (κ3) is 8.88. The van der Waals surface area contributed by atoms with Crippen LogP contribution in [0, 0.1) is 0 Å². The minimum atomic E-state index is -1.13. The first kappa shape index (κ1) is 23.9. The van der Waals surface area contributed by atoms with Crippen LogP contribution in [0.5, 0.6) is 0 Å². The second kappa shape index (κ2) is 13.0. The van der Waals surface area contributed by atoms with Gasteiger partial charge in [0.25, 0.3) is 0 Å². The minimum Gasteiger partial charge on any atom is -0.480 e. The van der Waals surface area contributed by atoms with Gasteiger partial charge in [0, 0.05) is 0 Å². The first-order valence-electron chi connectivity index (χ1n) is 10.2. The highest BCUT2D eigenvalue weighted by molar-refractivity contribution is 5.89. The Morgan fingerprint density at radius 2 is 1.48 bits per heavy atom. The number of hydrogen-bond donors (Lipinski definition) is 4. The van der Waals surface area contributed by atoms with E-state index in [0.29, 0.717) is 19.4 Å². The van der Waals surface area contributed by atoms with E-state index in [2.05, 4.69) is 10.6 Å². The molecule has 0 bridgehead atoms. The van der Waals surface area contributed by atoms with Crippen LogP contribution in [0.2, 0.25) is 0 Å².